The Morgan fingerprint density at radius 1 is 1.55 bits per heavy atom. The van der Waals surface area contributed by atoms with Gasteiger partial charge in [0.2, 0.25) is 0 Å². The maximum atomic E-state index is 14.4. The smallest absolute Gasteiger partial charge is 0.292 e. The van der Waals surface area contributed by atoms with Crippen LogP contribution in [0.2, 0.25) is 0 Å². The van der Waals surface area contributed by atoms with E-state index in [-0.39, 0.29) is 18.6 Å². The third-order valence-electron chi connectivity index (χ3n) is 3.28. The summed E-state index contributed by atoms with van der Waals surface area (Å²) in [5, 5.41) is 8.35. The van der Waals surface area contributed by atoms with Crippen LogP contribution in [0.4, 0.5) is 8.78 Å². The molecule has 2 N–H and O–H groups in total. The van der Waals surface area contributed by atoms with Gasteiger partial charge in [-0.3, -0.25) is 0 Å². The van der Waals surface area contributed by atoms with Gasteiger partial charge < -0.3 is 15.2 Å². The number of alkyl halides is 2. The zero-order valence-corrected chi connectivity index (χ0v) is 12.1. The molecule has 0 saturated carbocycles. The Kier molecular flexibility index (Phi) is 4.28. The summed E-state index contributed by atoms with van der Waals surface area (Å²) in [5.74, 6) is -2.95. The first-order chi connectivity index (χ1) is 9.40. The van der Waals surface area contributed by atoms with Gasteiger partial charge in [-0.25, -0.2) is 8.78 Å². The lowest BCUT2D eigenvalue weighted by Gasteiger charge is -2.41. The third-order valence-corrected chi connectivity index (χ3v) is 3.77. The molecule has 0 fully saturated rings. The van der Waals surface area contributed by atoms with Gasteiger partial charge in [0.15, 0.2) is 0 Å². The fourth-order valence-corrected chi connectivity index (χ4v) is 2.53. The maximum Gasteiger partial charge on any atom is 0.292 e. The van der Waals surface area contributed by atoms with Crippen LogP contribution in [0.3, 0.4) is 0 Å². The zero-order valence-electron chi connectivity index (χ0n) is 10.5. The highest BCUT2D eigenvalue weighted by atomic mass is 79.9. The SMILES string of the molecule is N#CCOCC(F)(F)C1(N)CCOc2ccc(Br)cc21. The first kappa shape index (κ1) is 15.2. The summed E-state index contributed by atoms with van der Waals surface area (Å²) in [4.78, 5) is 0. The number of nitriles is 1. The van der Waals surface area contributed by atoms with E-state index in [2.05, 4.69) is 20.7 Å². The average molecular weight is 347 g/mol. The number of benzene rings is 1. The molecule has 0 saturated heterocycles. The molecule has 0 amide bonds. The van der Waals surface area contributed by atoms with E-state index < -0.39 is 24.7 Å². The van der Waals surface area contributed by atoms with Crippen molar-refractivity contribution in [3.05, 3.63) is 28.2 Å². The minimum Gasteiger partial charge on any atom is -0.493 e. The predicted molar refractivity (Wildman–Crippen MR) is 71.5 cm³/mol. The Labute approximate surface area is 123 Å². The molecule has 0 spiro atoms. The Balaban J connectivity index is 2.36. The van der Waals surface area contributed by atoms with E-state index in [1.54, 1.807) is 18.2 Å². The van der Waals surface area contributed by atoms with Crippen molar-refractivity contribution in [1.82, 2.24) is 0 Å². The molecule has 1 aromatic carbocycles. The van der Waals surface area contributed by atoms with Crippen LogP contribution >= 0.6 is 15.9 Å². The van der Waals surface area contributed by atoms with E-state index >= 15 is 0 Å². The van der Waals surface area contributed by atoms with Crippen molar-refractivity contribution in [3.8, 4) is 11.8 Å². The summed E-state index contributed by atoms with van der Waals surface area (Å²) in [6.45, 7) is -1.19. The number of nitrogens with two attached hydrogens (primary N) is 1. The van der Waals surface area contributed by atoms with Crippen molar-refractivity contribution in [2.24, 2.45) is 5.73 Å². The minimum absolute atomic E-state index is 0.0284. The molecule has 1 unspecified atom stereocenters. The molecule has 20 heavy (non-hydrogen) atoms. The average Bonchev–Trinajstić information content (AvgIpc) is 2.40. The van der Waals surface area contributed by atoms with Crippen molar-refractivity contribution in [2.75, 3.05) is 19.8 Å². The Morgan fingerprint density at radius 3 is 3.00 bits per heavy atom. The van der Waals surface area contributed by atoms with E-state index in [0.29, 0.717) is 10.2 Å². The normalized spacial score (nSPS) is 21.8. The highest BCUT2D eigenvalue weighted by Gasteiger charge is 2.54. The van der Waals surface area contributed by atoms with Crippen LogP contribution in [0.5, 0.6) is 5.75 Å². The summed E-state index contributed by atoms with van der Waals surface area (Å²) < 4.78 is 39.5. The number of fused-ring (bicyclic) bond motifs is 1. The Morgan fingerprint density at radius 2 is 2.30 bits per heavy atom. The summed E-state index contributed by atoms with van der Waals surface area (Å²) in [6.07, 6.45) is -0.0284. The quantitative estimate of drug-likeness (QED) is 0.850. The van der Waals surface area contributed by atoms with Gasteiger partial charge in [-0.1, -0.05) is 15.9 Å². The van der Waals surface area contributed by atoms with Gasteiger partial charge in [0.05, 0.1) is 12.7 Å². The summed E-state index contributed by atoms with van der Waals surface area (Å²) in [6, 6.07) is 6.50. The van der Waals surface area contributed by atoms with Gasteiger partial charge in [-0.2, -0.15) is 5.26 Å². The summed E-state index contributed by atoms with van der Waals surface area (Å²) >= 11 is 3.24. The second-order valence-electron chi connectivity index (χ2n) is 4.57. The highest BCUT2D eigenvalue weighted by Crippen LogP contribution is 2.45. The van der Waals surface area contributed by atoms with E-state index in [1.807, 2.05) is 0 Å². The van der Waals surface area contributed by atoms with E-state index in [1.165, 1.54) is 6.07 Å². The fourth-order valence-electron chi connectivity index (χ4n) is 2.17. The second-order valence-corrected chi connectivity index (χ2v) is 5.48. The molecule has 0 aliphatic carbocycles. The molecular weight excluding hydrogens is 334 g/mol. The van der Waals surface area contributed by atoms with E-state index in [9.17, 15) is 8.78 Å². The zero-order chi connectivity index (χ0) is 14.8. The van der Waals surface area contributed by atoms with Crippen molar-refractivity contribution >= 4 is 15.9 Å². The van der Waals surface area contributed by atoms with Crippen LogP contribution < -0.4 is 10.5 Å². The second kappa shape index (κ2) is 5.64. The van der Waals surface area contributed by atoms with Crippen LogP contribution in [0, 0.1) is 11.3 Å². The highest BCUT2D eigenvalue weighted by molar-refractivity contribution is 9.10. The van der Waals surface area contributed by atoms with Gasteiger partial charge in [0.25, 0.3) is 5.92 Å². The molecule has 1 aliphatic heterocycles. The van der Waals surface area contributed by atoms with Gasteiger partial charge in [-0.15, -0.1) is 0 Å². The third kappa shape index (κ3) is 2.64. The van der Waals surface area contributed by atoms with Crippen molar-refractivity contribution in [2.45, 2.75) is 17.9 Å². The van der Waals surface area contributed by atoms with Crippen molar-refractivity contribution < 1.29 is 18.3 Å². The Hall–Kier alpha value is -1.23. The van der Waals surface area contributed by atoms with Crippen LogP contribution in [0.15, 0.2) is 22.7 Å². The van der Waals surface area contributed by atoms with Crippen LogP contribution in [0.1, 0.15) is 12.0 Å². The van der Waals surface area contributed by atoms with Crippen LogP contribution in [0.25, 0.3) is 0 Å². The fraction of sp³-hybridized carbons (Fsp3) is 0.462. The molecule has 1 atom stereocenters. The molecule has 4 nitrogen and oxygen atoms in total. The largest absolute Gasteiger partial charge is 0.493 e. The molecule has 0 aromatic heterocycles. The molecule has 1 aliphatic rings. The summed E-state index contributed by atoms with van der Waals surface area (Å²) in [5.41, 5.74) is 4.35. The topological polar surface area (TPSA) is 68.3 Å². The molecule has 108 valence electrons. The molecule has 7 heteroatoms. The monoisotopic (exact) mass is 346 g/mol. The van der Waals surface area contributed by atoms with Gasteiger partial charge in [-0.05, 0) is 18.2 Å². The van der Waals surface area contributed by atoms with E-state index in [0.717, 1.165) is 0 Å². The lowest BCUT2D eigenvalue weighted by molar-refractivity contribution is -0.136. The predicted octanol–water partition coefficient (Wildman–Crippen LogP) is 2.56. The first-order valence-electron chi connectivity index (χ1n) is 5.95. The lowest BCUT2D eigenvalue weighted by atomic mass is 9.80. The Bertz CT molecular complexity index is 548. The molecular formula is C13H13BrF2N2O2. The summed E-state index contributed by atoms with van der Waals surface area (Å²) in [7, 11) is 0. The standard InChI is InChI=1S/C13H13BrF2N2O2/c14-9-1-2-11-10(7-9)12(18,3-5-20-11)13(15,16)8-19-6-4-17/h1-2,7H,3,5-6,8,18H2. The molecule has 0 radical (unpaired) electrons. The number of hydrogen-bond acceptors (Lipinski definition) is 4. The molecule has 2 rings (SSSR count). The van der Waals surface area contributed by atoms with Crippen LogP contribution in [-0.4, -0.2) is 25.7 Å². The lowest BCUT2D eigenvalue weighted by Crippen LogP contribution is -2.57. The van der Waals surface area contributed by atoms with Gasteiger partial charge in [0, 0.05) is 16.5 Å². The van der Waals surface area contributed by atoms with Crippen molar-refractivity contribution in [1.29, 1.82) is 5.26 Å². The number of nitrogens with zero attached hydrogens (tertiary/aromatic N) is 1. The van der Waals surface area contributed by atoms with Crippen molar-refractivity contribution in [3.63, 3.8) is 0 Å². The first-order valence-corrected chi connectivity index (χ1v) is 6.74. The molecule has 1 heterocycles. The minimum atomic E-state index is -3.30. The molecule has 0 bridgehead atoms. The van der Waals surface area contributed by atoms with Gasteiger partial charge >= 0.3 is 0 Å². The van der Waals surface area contributed by atoms with Crippen LogP contribution in [-0.2, 0) is 10.3 Å². The van der Waals surface area contributed by atoms with Gasteiger partial charge in [0.1, 0.15) is 24.5 Å². The number of hydrogen-bond donors (Lipinski definition) is 1. The molecule has 1 aromatic rings. The number of halogens is 3. The number of ether oxygens (including phenoxy) is 2. The van der Waals surface area contributed by atoms with E-state index in [4.69, 9.17) is 15.7 Å². The number of rotatable bonds is 4. The maximum absolute atomic E-state index is 14.4.